The second-order valence-electron chi connectivity index (χ2n) is 7.82. The molecule has 1 aliphatic rings. The van der Waals surface area contributed by atoms with Gasteiger partial charge >= 0.3 is 0 Å². The number of hydrogen-bond acceptors (Lipinski definition) is 4. The molecule has 0 unspecified atom stereocenters. The summed E-state index contributed by atoms with van der Waals surface area (Å²) in [5, 5.41) is 4.76. The third-order valence-corrected chi connectivity index (χ3v) is 6.46. The molecule has 0 saturated carbocycles. The van der Waals surface area contributed by atoms with Crippen molar-refractivity contribution in [3.63, 3.8) is 0 Å². The predicted molar refractivity (Wildman–Crippen MR) is 138 cm³/mol. The average molecular weight is 491 g/mol. The topological polar surface area (TPSA) is 51.5 Å². The third-order valence-electron chi connectivity index (χ3n) is 5.91. The molecular weight excluding hydrogens is 468 g/mol. The number of thiocarbonyl (C=S) groups is 1. The minimum absolute atomic E-state index is 0.187. The number of rotatable bonds is 6. The van der Waals surface area contributed by atoms with Crippen molar-refractivity contribution >= 4 is 34.6 Å². The van der Waals surface area contributed by atoms with Gasteiger partial charge in [-0.2, -0.15) is 0 Å². The van der Waals surface area contributed by atoms with Crippen LogP contribution in [0.15, 0.2) is 85.2 Å². The van der Waals surface area contributed by atoms with Crippen LogP contribution in [0.4, 0.5) is 5.69 Å². The monoisotopic (exact) mass is 490 g/mol. The van der Waals surface area contributed by atoms with Crippen molar-refractivity contribution in [1.82, 2.24) is 14.9 Å². The summed E-state index contributed by atoms with van der Waals surface area (Å²) in [6, 6.07) is 23.1. The Morgan fingerprint density at radius 1 is 0.971 bits per heavy atom. The van der Waals surface area contributed by atoms with Crippen molar-refractivity contribution in [1.29, 1.82) is 0 Å². The Kier molecular flexibility index (Phi) is 6.13. The summed E-state index contributed by atoms with van der Waals surface area (Å²) in [5.41, 5.74) is 3.72. The maximum atomic E-state index is 6.32. The van der Waals surface area contributed by atoms with E-state index < -0.39 is 0 Å². The van der Waals surface area contributed by atoms with E-state index in [1.165, 1.54) is 0 Å². The number of methoxy groups -OCH3 is 2. The van der Waals surface area contributed by atoms with Gasteiger partial charge in [0.05, 0.1) is 31.6 Å². The van der Waals surface area contributed by atoms with Crippen LogP contribution >= 0.6 is 23.8 Å². The van der Waals surface area contributed by atoms with Gasteiger partial charge in [-0.25, -0.2) is 0 Å². The van der Waals surface area contributed by atoms with Crippen LogP contribution in [0.25, 0.3) is 5.69 Å². The number of ether oxygens (including phenoxy) is 2. The van der Waals surface area contributed by atoms with E-state index in [-0.39, 0.29) is 12.1 Å². The highest BCUT2D eigenvalue weighted by molar-refractivity contribution is 7.80. The first kappa shape index (κ1) is 22.3. The number of aromatic nitrogens is 2. The van der Waals surface area contributed by atoms with E-state index in [0.717, 1.165) is 22.8 Å². The van der Waals surface area contributed by atoms with Gasteiger partial charge in [-0.3, -0.25) is 4.98 Å². The van der Waals surface area contributed by atoms with Gasteiger partial charge in [0.25, 0.3) is 0 Å². The summed E-state index contributed by atoms with van der Waals surface area (Å²) in [4.78, 5) is 6.73. The van der Waals surface area contributed by atoms with Crippen LogP contribution in [0.1, 0.15) is 23.5 Å². The standard InChI is InChI=1S/C26H23ClN4O2S/c1-32-19-11-12-21(23(16-19)33-2)31-25(24(29-26(31)34)20-9-3-4-13-28-20)22-10-6-14-30(22)18-8-5-7-17(27)15-18/h3-16,24-25H,1-2H3,(H,29,34)/t24-,25+/m0/s1. The largest absolute Gasteiger partial charge is 0.497 e. The first-order chi connectivity index (χ1) is 16.6. The van der Waals surface area contributed by atoms with Gasteiger partial charge in [0.15, 0.2) is 5.11 Å². The Morgan fingerprint density at radius 2 is 1.85 bits per heavy atom. The summed E-state index contributed by atoms with van der Waals surface area (Å²) in [5.74, 6) is 1.37. The van der Waals surface area contributed by atoms with Crippen molar-refractivity contribution in [3.8, 4) is 17.2 Å². The molecule has 8 heteroatoms. The van der Waals surface area contributed by atoms with E-state index in [1.54, 1.807) is 20.4 Å². The van der Waals surface area contributed by atoms with Crippen LogP contribution in [0.5, 0.6) is 11.5 Å². The zero-order chi connectivity index (χ0) is 23.7. The number of benzene rings is 2. The molecule has 4 aromatic rings. The Balaban J connectivity index is 1.69. The second kappa shape index (κ2) is 9.37. The summed E-state index contributed by atoms with van der Waals surface area (Å²) in [6.45, 7) is 0. The maximum Gasteiger partial charge on any atom is 0.174 e. The fourth-order valence-corrected chi connectivity index (χ4v) is 4.92. The molecule has 0 radical (unpaired) electrons. The Labute approximate surface area is 208 Å². The molecule has 0 spiro atoms. The van der Waals surface area contributed by atoms with Crippen LogP contribution in [-0.4, -0.2) is 28.9 Å². The van der Waals surface area contributed by atoms with Gasteiger partial charge in [-0.1, -0.05) is 23.7 Å². The highest BCUT2D eigenvalue weighted by Gasteiger charge is 2.43. The molecule has 1 N–H and O–H groups in total. The molecule has 0 aliphatic carbocycles. The van der Waals surface area contributed by atoms with E-state index in [2.05, 4.69) is 25.8 Å². The highest BCUT2D eigenvalue weighted by Crippen LogP contribution is 2.45. The smallest absolute Gasteiger partial charge is 0.174 e. The lowest BCUT2D eigenvalue weighted by Crippen LogP contribution is -2.30. The van der Waals surface area contributed by atoms with Gasteiger partial charge in [-0.15, -0.1) is 0 Å². The van der Waals surface area contributed by atoms with Gasteiger partial charge in [0.1, 0.15) is 17.5 Å². The minimum atomic E-state index is -0.210. The first-order valence-corrected chi connectivity index (χ1v) is 11.5. The van der Waals surface area contributed by atoms with Gasteiger partial charge < -0.3 is 24.3 Å². The number of halogens is 1. The predicted octanol–water partition coefficient (Wildman–Crippen LogP) is 5.72. The summed E-state index contributed by atoms with van der Waals surface area (Å²) in [6.07, 6.45) is 3.82. The molecule has 172 valence electrons. The quantitative estimate of drug-likeness (QED) is 0.349. The molecule has 3 heterocycles. The highest BCUT2D eigenvalue weighted by atomic mass is 35.5. The number of anilines is 1. The first-order valence-electron chi connectivity index (χ1n) is 10.8. The summed E-state index contributed by atoms with van der Waals surface area (Å²) >= 11 is 12.2. The molecular formula is C26H23ClN4O2S. The molecule has 1 fully saturated rings. The summed E-state index contributed by atoms with van der Waals surface area (Å²) in [7, 11) is 3.28. The molecule has 34 heavy (non-hydrogen) atoms. The minimum Gasteiger partial charge on any atom is -0.497 e. The molecule has 0 bridgehead atoms. The van der Waals surface area contributed by atoms with Gasteiger partial charge in [0, 0.05) is 34.9 Å². The molecule has 6 nitrogen and oxygen atoms in total. The second-order valence-corrected chi connectivity index (χ2v) is 8.64. The van der Waals surface area contributed by atoms with Crippen LogP contribution < -0.4 is 19.7 Å². The summed E-state index contributed by atoms with van der Waals surface area (Å²) < 4.78 is 13.3. The lowest BCUT2D eigenvalue weighted by Gasteiger charge is -2.30. The zero-order valence-electron chi connectivity index (χ0n) is 18.7. The van der Waals surface area contributed by atoms with Crippen molar-refractivity contribution in [2.24, 2.45) is 0 Å². The SMILES string of the molecule is COc1ccc(N2C(=S)N[C@@H](c3ccccn3)[C@H]2c2cccn2-c2cccc(Cl)c2)c(OC)c1. The van der Waals surface area contributed by atoms with Gasteiger partial charge in [0.2, 0.25) is 0 Å². The van der Waals surface area contributed by atoms with Crippen LogP contribution in [0.2, 0.25) is 5.02 Å². The van der Waals surface area contributed by atoms with Crippen molar-refractivity contribution in [2.75, 3.05) is 19.1 Å². The normalized spacial score (nSPS) is 17.5. The maximum absolute atomic E-state index is 6.32. The molecule has 5 rings (SSSR count). The van der Waals surface area contributed by atoms with Gasteiger partial charge in [-0.05, 0) is 66.8 Å². The number of nitrogens with zero attached hydrogens (tertiary/aromatic N) is 3. The average Bonchev–Trinajstić information content (AvgIpc) is 3.48. The molecule has 2 aromatic carbocycles. The zero-order valence-corrected chi connectivity index (χ0v) is 20.3. The molecule has 2 aromatic heterocycles. The Bertz CT molecular complexity index is 1330. The van der Waals surface area contributed by atoms with E-state index in [1.807, 2.05) is 72.9 Å². The fourth-order valence-electron chi connectivity index (χ4n) is 4.39. The lowest BCUT2D eigenvalue weighted by atomic mass is 10.0. The van der Waals surface area contributed by atoms with Crippen molar-refractivity contribution < 1.29 is 9.47 Å². The molecule has 0 amide bonds. The van der Waals surface area contributed by atoms with E-state index >= 15 is 0 Å². The number of pyridine rings is 1. The lowest BCUT2D eigenvalue weighted by molar-refractivity contribution is 0.394. The molecule has 2 atom stereocenters. The number of nitrogens with one attached hydrogen (secondary N) is 1. The number of hydrogen-bond donors (Lipinski definition) is 1. The Hall–Kier alpha value is -3.55. The van der Waals surface area contributed by atoms with Crippen LogP contribution in [0.3, 0.4) is 0 Å². The fraction of sp³-hybridized carbons (Fsp3) is 0.154. The van der Waals surface area contributed by atoms with Crippen molar-refractivity contribution in [2.45, 2.75) is 12.1 Å². The molecule has 1 aliphatic heterocycles. The third kappa shape index (κ3) is 3.97. The van der Waals surface area contributed by atoms with E-state index in [0.29, 0.717) is 21.6 Å². The van der Waals surface area contributed by atoms with E-state index in [9.17, 15) is 0 Å². The Morgan fingerprint density at radius 3 is 2.59 bits per heavy atom. The van der Waals surface area contributed by atoms with Crippen molar-refractivity contribution in [3.05, 3.63) is 102 Å². The van der Waals surface area contributed by atoms with E-state index in [4.69, 9.17) is 33.3 Å². The molecule has 1 saturated heterocycles. The van der Waals surface area contributed by atoms with Crippen LogP contribution in [0, 0.1) is 0 Å². The van der Waals surface area contributed by atoms with Crippen LogP contribution in [-0.2, 0) is 0 Å².